The fraction of sp³-hybridized carbons (Fsp3) is 0.400. The summed E-state index contributed by atoms with van der Waals surface area (Å²) in [6.45, 7) is 2.96. The summed E-state index contributed by atoms with van der Waals surface area (Å²) in [5, 5.41) is 7.91. The summed E-state index contributed by atoms with van der Waals surface area (Å²) in [5.74, 6) is 0.892. The highest BCUT2D eigenvalue weighted by Gasteiger charge is 2.09. The van der Waals surface area contributed by atoms with Crippen LogP contribution in [-0.4, -0.2) is 16.9 Å². The van der Waals surface area contributed by atoms with Gasteiger partial charge in [-0.25, -0.2) is 0 Å². The quantitative estimate of drug-likeness (QED) is 0.867. The third kappa shape index (κ3) is 3.58. The molecule has 4 heteroatoms. The zero-order valence-electron chi connectivity index (χ0n) is 11.8. The van der Waals surface area contributed by atoms with Crippen LogP contribution >= 0.6 is 0 Å². The van der Waals surface area contributed by atoms with Crippen LogP contribution in [0, 0.1) is 0 Å². The maximum absolute atomic E-state index is 5.18. The molecule has 4 nitrogen and oxygen atoms in total. The summed E-state index contributed by atoms with van der Waals surface area (Å²) in [5.41, 5.74) is 2.34. The van der Waals surface area contributed by atoms with Crippen LogP contribution in [0.2, 0.25) is 0 Å². The molecule has 0 amide bonds. The molecule has 1 unspecified atom stereocenters. The van der Waals surface area contributed by atoms with Crippen molar-refractivity contribution in [1.82, 2.24) is 15.1 Å². The predicted octanol–water partition coefficient (Wildman–Crippen LogP) is 2.67. The topological polar surface area (TPSA) is 39.1 Å². The summed E-state index contributed by atoms with van der Waals surface area (Å²) in [4.78, 5) is 0. The first kappa shape index (κ1) is 13.6. The van der Waals surface area contributed by atoms with E-state index in [0.717, 1.165) is 24.4 Å². The minimum atomic E-state index is 0.341. The number of nitrogens with one attached hydrogen (secondary N) is 1. The Morgan fingerprint density at radius 3 is 2.53 bits per heavy atom. The van der Waals surface area contributed by atoms with Crippen LogP contribution in [-0.2, 0) is 13.6 Å². The van der Waals surface area contributed by atoms with Crippen LogP contribution in [0.15, 0.2) is 36.5 Å². The number of hydrogen-bond acceptors (Lipinski definition) is 3. The van der Waals surface area contributed by atoms with Gasteiger partial charge in [0.05, 0.1) is 12.8 Å². The number of aryl methyl sites for hydroxylation is 1. The van der Waals surface area contributed by atoms with Crippen LogP contribution < -0.4 is 10.1 Å². The molecule has 2 aromatic rings. The Morgan fingerprint density at radius 1 is 1.26 bits per heavy atom. The van der Waals surface area contributed by atoms with Gasteiger partial charge in [-0.3, -0.25) is 4.68 Å². The van der Waals surface area contributed by atoms with E-state index in [-0.39, 0.29) is 0 Å². The molecule has 0 saturated heterocycles. The van der Waals surface area contributed by atoms with Crippen LogP contribution in [0.5, 0.6) is 5.75 Å². The molecular weight excluding hydrogens is 238 g/mol. The van der Waals surface area contributed by atoms with Gasteiger partial charge in [-0.05, 0) is 30.2 Å². The Bertz CT molecular complexity index is 504. The van der Waals surface area contributed by atoms with Crippen molar-refractivity contribution < 1.29 is 4.74 Å². The van der Waals surface area contributed by atoms with Gasteiger partial charge in [0.1, 0.15) is 5.75 Å². The molecule has 1 N–H and O–H groups in total. The second-order valence-electron chi connectivity index (χ2n) is 4.60. The van der Waals surface area contributed by atoms with Gasteiger partial charge in [0.25, 0.3) is 0 Å². The average Bonchev–Trinajstić information content (AvgIpc) is 2.86. The van der Waals surface area contributed by atoms with Gasteiger partial charge in [-0.1, -0.05) is 19.1 Å². The van der Waals surface area contributed by atoms with Crippen LogP contribution in [0.4, 0.5) is 0 Å². The lowest BCUT2D eigenvalue weighted by Gasteiger charge is -2.17. The first-order chi connectivity index (χ1) is 9.22. The van der Waals surface area contributed by atoms with E-state index in [9.17, 15) is 0 Å². The number of hydrogen-bond donors (Lipinski definition) is 1. The van der Waals surface area contributed by atoms with Gasteiger partial charge >= 0.3 is 0 Å². The Labute approximate surface area is 114 Å². The molecule has 0 aliphatic heterocycles. The number of ether oxygens (including phenoxy) is 1. The Hall–Kier alpha value is -1.81. The first-order valence-corrected chi connectivity index (χ1v) is 6.58. The highest BCUT2D eigenvalue weighted by Crippen LogP contribution is 2.20. The van der Waals surface area contributed by atoms with Gasteiger partial charge < -0.3 is 10.1 Å². The van der Waals surface area contributed by atoms with Crippen molar-refractivity contribution in [2.45, 2.75) is 25.9 Å². The minimum Gasteiger partial charge on any atom is -0.497 e. The van der Waals surface area contributed by atoms with E-state index in [1.165, 1.54) is 5.56 Å². The smallest absolute Gasteiger partial charge is 0.118 e. The molecule has 0 spiro atoms. The van der Waals surface area contributed by atoms with Gasteiger partial charge in [-0.2, -0.15) is 5.10 Å². The first-order valence-electron chi connectivity index (χ1n) is 6.58. The third-order valence-electron chi connectivity index (χ3n) is 3.22. The molecule has 0 aliphatic carbocycles. The van der Waals surface area contributed by atoms with E-state index >= 15 is 0 Å². The van der Waals surface area contributed by atoms with E-state index in [2.05, 4.69) is 29.5 Å². The van der Waals surface area contributed by atoms with Gasteiger partial charge in [0.2, 0.25) is 0 Å². The van der Waals surface area contributed by atoms with Crippen LogP contribution in [0.25, 0.3) is 0 Å². The predicted molar refractivity (Wildman–Crippen MR) is 76.1 cm³/mol. The standard InChI is InChI=1S/C15H21N3O/c1-4-15(12-5-7-14(19-3)8-6-12)16-11-13-9-10-18(2)17-13/h5-10,15-16H,4,11H2,1-3H3. The number of methoxy groups -OCH3 is 1. The van der Waals surface area contributed by atoms with Crippen molar-refractivity contribution >= 4 is 0 Å². The lowest BCUT2D eigenvalue weighted by molar-refractivity contribution is 0.414. The van der Waals surface area contributed by atoms with Crippen molar-refractivity contribution in [3.63, 3.8) is 0 Å². The fourth-order valence-corrected chi connectivity index (χ4v) is 2.12. The summed E-state index contributed by atoms with van der Waals surface area (Å²) >= 11 is 0. The largest absolute Gasteiger partial charge is 0.497 e. The second kappa shape index (κ2) is 6.38. The molecule has 1 aromatic carbocycles. The van der Waals surface area contributed by atoms with E-state index in [1.54, 1.807) is 7.11 Å². The van der Waals surface area contributed by atoms with Gasteiger partial charge in [0.15, 0.2) is 0 Å². The Kier molecular flexibility index (Phi) is 4.58. The molecule has 0 bridgehead atoms. The lowest BCUT2D eigenvalue weighted by Crippen LogP contribution is -2.20. The third-order valence-corrected chi connectivity index (χ3v) is 3.22. The Morgan fingerprint density at radius 2 is 2.00 bits per heavy atom. The summed E-state index contributed by atoms with van der Waals surface area (Å²) in [6, 6.07) is 10.6. The van der Waals surface area contributed by atoms with Crippen LogP contribution in [0.1, 0.15) is 30.6 Å². The number of benzene rings is 1. The summed E-state index contributed by atoms with van der Waals surface area (Å²) in [6.07, 6.45) is 3.00. The molecule has 19 heavy (non-hydrogen) atoms. The van der Waals surface area contributed by atoms with Crippen molar-refractivity contribution in [3.05, 3.63) is 47.8 Å². The van der Waals surface area contributed by atoms with Crippen molar-refractivity contribution in [1.29, 1.82) is 0 Å². The van der Waals surface area contributed by atoms with Crippen molar-refractivity contribution in [2.75, 3.05) is 7.11 Å². The number of nitrogens with zero attached hydrogens (tertiary/aromatic N) is 2. The van der Waals surface area contributed by atoms with Crippen molar-refractivity contribution in [3.8, 4) is 5.75 Å². The van der Waals surface area contributed by atoms with Crippen LogP contribution in [0.3, 0.4) is 0 Å². The molecule has 1 heterocycles. The maximum atomic E-state index is 5.18. The van der Waals surface area contributed by atoms with Gasteiger partial charge in [0, 0.05) is 25.8 Å². The second-order valence-corrected chi connectivity index (χ2v) is 4.60. The van der Waals surface area contributed by atoms with E-state index in [1.807, 2.05) is 36.1 Å². The van der Waals surface area contributed by atoms with Gasteiger partial charge in [-0.15, -0.1) is 0 Å². The molecule has 0 radical (unpaired) electrons. The molecule has 102 valence electrons. The highest BCUT2D eigenvalue weighted by atomic mass is 16.5. The highest BCUT2D eigenvalue weighted by molar-refractivity contribution is 5.29. The normalized spacial score (nSPS) is 12.4. The monoisotopic (exact) mass is 259 g/mol. The van der Waals surface area contributed by atoms with Crippen molar-refractivity contribution in [2.24, 2.45) is 7.05 Å². The van der Waals surface area contributed by atoms with E-state index in [0.29, 0.717) is 6.04 Å². The SMILES string of the molecule is CCC(NCc1ccn(C)n1)c1ccc(OC)cc1. The number of rotatable bonds is 6. The maximum Gasteiger partial charge on any atom is 0.118 e. The molecule has 2 rings (SSSR count). The number of aromatic nitrogens is 2. The molecule has 1 atom stereocenters. The van der Waals surface area contributed by atoms with E-state index in [4.69, 9.17) is 4.74 Å². The zero-order valence-corrected chi connectivity index (χ0v) is 11.8. The Balaban J connectivity index is 1.98. The average molecular weight is 259 g/mol. The molecule has 0 fully saturated rings. The fourth-order valence-electron chi connectivity index (χ4n) is 2.12. The minimum absolute atomic E-state index is 0.341. The molecular formula is C15H21N3O. The summed E-state index contributed by atoms with van der Waals surface area (Å²) in [7, 11) is 3.62. The molecule has 0 aliphatic rings. The summed E-state index contributed by atoms with van der Waals surface area (Å²) < 4.78 is 7.01. The lowest BCUT2D eigenvalue weighted by atomic mass is 10.0. The molecule has 1 aromatic heterocycles. The molecule has 0 saturated carbocycles. The van der Waals surface area contributed by atoms with E-state index < -0.39 is 0 Å². The zero-order chi connectivity index (χ0) is 13.7.